The van der Waals surface area contributed by atoms with Crippen molar-refractivity contribution in [2.45, 2.75) is 4.90 Å². The Morgan fingerprint density at radius 3 is 2.28 bits per heavy atom. The number of anilines is 1. The molecule has 0 fully saturated rings. The van der Waals surface area contributed by atoms with Crippen molar-refractivity contribution < 1.29 is 13.2 Å². The van der Waals surface area contributed by atoms with Gasteiger partial charge in [-0.1, -0.05) is 0 Å². The average Bonchev–Trinajstić information content (AvgIpc) is 2.55. The standard InChI is InChI=1S/C13H16N8O3S/c1-24-11-7-6-10(19-20-11)21-25(22,23)9-4-2-8(3-5-9)17-13(16)18-12(14)15/h2-7H,1H3,(H,19,21)(H6,14,15,16,17,18). The minimum atomic E-state index is -3.84. The number of aromatic nitrogens is 2. The number of rotatable bonds is 5. The fourth-order valence-corrected chi connectivity index (χ4v) is 2.67. The van der Waals surface area contributed by atoms with E-state index < -0.39 is 10.0 Å². The minimum Gasteiger partial charge on any atom is -0.480 e. The summed E-state index contributed by atoms with van der Waals surface area (Å²) in [5, 5.41) is 7.38. The lowest BCUT2D eigenvalue weighted by molar-refractivity contribution is 0.392. The van der Waals surface area contributed by atoms with Crippen LogP contribution in [0, 0.1) is 0 Å². The van der Waals surface area contributed by atoms with Crippen molar-refractivity contribution in [3.8, 4) is 5.88 Å². The first-order valence-corrected chi connectivity index (χ1v) is 8.23. The van der Waals surface area contributed by atoms with Crippen LogP contribution in [0.4, 0.5) is 11.5 Å². The number of guanidine groups is 2. The lowest BCUT2D eigenvalue weighted by Gasteiger charge is -2.07. The van der Waals surface area contributed by atoms with Crippen LogP contribution in [0.3, 0.4) is 0 Å². The van der Waals surface area contributed by atoms with Crippen molar-refractivity contribution in [2.75, 3.05) is 11.8 Å². The van der Waals surface area contributed by atoms with E-state index in [1.165, 1.54) is 43.5 Å². The minimum absolute atomic E-state index is 0.00415. The summed E-state index contributed by atoms with van der Waals surface area (Å²) in [6.07, 6.45) is 0. The van der Waals surface area contributed by atoms with Gasteiger partial charge in [0.2, 0.25) is 11.8 Å². The van der Waals surface area contributed by atoms with Crippen LogP contribution in [0.1, 0.15) is 0 Å². The maximum Gasteiger partial charge on any atom is 0.263 e. The van der Waals surface area contributed by atoms with E-state index in [4.69, 9.17) is 21.9 Å². The van der Waals surface area contributed by atoms with Gasteiger partial charge in [-0.25, -0.2) is 13.4 Å². The summed E-state index contributed by atoms with van der Waals surface area (Å²) in [7, 11) is -2.41. The SMILES string of the molecule is COc1ccc(NS(=O)(=O)c2ccc(N=C(N)N=C(N)N)cc2)nn1. The second-order valence-corrected chi connectivity index (χ2v) is 6.25. The Labute approximate surface area is 143 Å². The number of methoxy groups -OCH3 is 1. The molecule has 0 aliphatic rings. The van der Waals surface area contributed by atoms with Crippen LogP contribution in [0.5, 0.6) is 5.88 Å². The first-order chi connectivity index (χ1) is 11.8. The molecule has 11 nitrogen and oxygen atoms in total. The molecular weight excluding hydrogens is 348 g/mol. The summed E-state index contributed by atoms with van der Waals surface area (Å²) in [5.74, 6) is -0.0593. The van der Waals surface area contributed by atoms with Crippen LogP contribution in [-0.4, -0.2) is 37.6 Å². The van der Waals surface area contributed by atoms with Crippen LogP contribution < -0.4 is 26.7 Å². The number of ether oxygens (including phenoxy) is 1. The third-order valence-electron chi connectivity index (χ3n) is 2.72. The van der Waals surface area contributed by atoms with Crippen LogP contribution in [0.25, 0.3) is 0 Å². The van der Waals surface area contributed by atoms with Gasteiger partial charge in [-0.2, -0.15) is 4.99 Å². The van der Waals surface area contributed by atoms with Crippen LogP contribution in [0.2, 0.25) is 0 Å². The molecule has 2 rings (SSSR count). The van der Waals surface area contributed by atoms with Crippen molar-refractivity contribution in [2.24, 2.45) is 27.2 Å². The highest BCUT2D eigenvalue weighted by atomic mass is 32.2. The Hall–Kier alpha value is -3.41. The van der Waals surface area contributed by atoms with Gasteiger partial charge in [0.05, 0.1) is 17.7 Å². The number of nitrogens with one attached hydrogen (secondary N) is 1. The second kappa shape index (κ2) is 7.44. The smallest absolute Gasteiger partial charge is 0.263 e. The Balaban J connectivity index is 2.18. The number of aliphatic imine (C=N–C) groups is 2. The first-order valence-electron chi connectivity index (χ1n) is 6.74. The molecule has 1 heterocycles. The van der Waals surface area contributed by atoms with Crippen molar-refractivity contribution in [3.63, 3.8) is 0 Å². The van der Waals surface area contributed by atoms with E-state index in [9.17, 15) is 8.42 Å². The normalized spacial score (nSPS) is 11.6. The molecule has 0 atom stereocenters. The van der Waals surface area contributed by atoms with Crippen LogP contribution >= 0.6 is 0 Å². The Bertz CT molecular complexity index is 888. The summed E-state index contributed by atoms with van der Waals surface area (Å²) < 4.78 is 31.8. The maximum atomic E-state index is 12.3. The molecule has 0 aliphatic heterocycles. The van der Waals surface area contributed by atoms with Gasteiger partial charge >= 0.3 is 0 Å². The molecule has 0 saturated heterocycles. The summed E-state index contributed by atoms with van der Waals surface area (Å²) in [6, 6.07) is 8.50. The molecule has 7 N–H and O–H groups in total. The number of sulfonamides is 1. The van der Waals surface area contributed by atoms with Crippen molar-refractivity contribution in [1.29, 1.82) is 0 Å². The van der Waals surface area contributed by atoms with E-state index in [2.05, 4.69) is 24.9 Å². The van der Waals surface area contributed by atoms with Gasteiger partial charge in [-0.05, 0) is 30.3 Å². The van der Waals surface area contributed by atoms with E-state index in [0.29, 0.717) is 5.69 Å². The number of hydrogen-bond acceptors (Lipinski definition) is 6. The van der Waals surface area contributed by atoms with Gasteiger partial charge in [0.25, 0.3) is 10.0 Å². The maximum absolute atomic E-state index is 12.3. The molecule has 0 saturated carbocycles. The monoisotopic (exact) mass is 364 g/mol. The quantitative estimate of drug-likeness (QED) is 0.404. The summed E-state index contributed by atoms with van der Waals surface area (Å²) in [4.78, 5) is 7.48. The van der Waals surface area contributed by atoms with Crippen molar-refractivity contribution >= 4 is 33.4 Å². The molecule has 132 valence electrons. The number of nitrogens with two attached hydrogens (primary N) is 3. The van der Waals surface area contributed by atoms with E-state index >= 15 is 0 Å². The molecule has 1 aromatic carbocycles. The molecule has 1 aromatic heterocycles. The first kappa shape index (κ1) is 17.9. The molecule has 25 heavy (non-hydrogen) atoms. The second-order valence-electron chi connectivity index (χ2n) is 4.57. The van der Waals surface area contributed by atoms with Gasteiger partial charge in [0, 0.05) is 6.07 Å². The highest BCUT2D eigenvalue weighted by Gasteiger charge is 2.15. The predicted molar refractivity (Wildman–Crippen MR) is 92.9 cm³/mol. The molecule has 2 aromatic rings. The zero-order valence-corrected chi connectivity index (χ0v) is 13.9. The van der Waals surface area contributed by atoms with E-state index in [1.807, 2.05) is 0 Å². The summed E-state index contributed by atoms with van der Waals surface area (Å²) >= 11 is 0. The predicted octanol–water partition coefficient (Wildman–Crippen LogP) is -0.494. The fourth-order valence-electron chi connectivity index (χ4n) is 1.67. The molecular formula is C13H16N8O3S. The molecule has 0 amide bonds. The number of benzene rings is 1. The summed E-state index contributed by atoms with van der Waals surface area (Å²) in [5.41, 5.74) is 16.2. The Morgan fingerprint density at radius 1 is 1.08 bits per heavy atom. The third-order valence-corrected chi connectivity index (χ3v) is 4.09. The summed E-state index contributed by atoms with van der Waals surface area (Å²) in [6.45, 7) is 0. The molecule has 0 radical (unpaired) electrons. The highest BCUT2D eigenvalue weighted by molar-refractivity contribution is 7.92. The largest absolute Gasteiger partial charge is 0.480 e. The molecule has 0 unspecified atom stereocenters. The lowest BCUT2D eigenvalue weighted by atomic mass is 10.3. The van der Waals surface area contributed by atoms with Crippen LogP contribution in [-0.2, 0) is 10.0 Å². The molecule has 0 spiro atoms. The van der Waals surface area contributed by atoms with E-state index in [0.717, 1.165) is 0 Å². The van der Waals surface area contributed by atoms with Crippen molar-refractivity contribution in [1.82, 2.24) is 10.2 Å². The van der Waals surface area contributed by atoms with Gasteiger partial charge in [-0.3, -0.25) is 4.72 Å². The molecule has 0 aliphatic carbocycles. The average molecular weight is 364 g/mol. The lowest BCUT2D eigenvalue weighted by Crippen LogP contribution is -2.26. The van der Waals surface area contributed by atoms with Crippen molar-refractivity contribution in [3.05, 3.63) is 36.4 Å². The van der Waals surface area contributed by atoms with Gasteiger partial charge < -0.3 is 21.9 Å². The zero-order valence-electron chi connectivity index (χ0n) is 13.1. The van der Waals surface area contributed by atoms with Gasteiger partial charge in [0.15, 0.2) is 11.8 Å². The van der Waals surface area contributed by atoms with E-state index in [-0.39, 0.29) is 28.5 Å². The molecule has 12 heteroatoms. The molecule has 0 bridgehead atoms. The highest BCUT2D eigenvalue weighted by Crippen LogP contribution is 2.19. The van der Waals surface area contributed by atoms with E-state index in [1.54, 1.807) is 0 Å². The third kappa shape index (κ3) is 5.04. The fraction of sp³-hybridized carbons (Fsp3) is 0.0769. The number of hydrogen-bond donors (Lipinski definition) is 4. The van der Waals surface area contributed by atoms with Gasteiger partial charge in [-0.15, -0.1) is 10.2 Å². The topological polar surface area (TPSA) is 184 Å². The Kier molecular flexibility index (Phi) is 5.34. The zero-order chi connectivity index (χ0) is 18.4. The van der Waals surface area contributed by atoms with Gasteiger partial charge in [0.1, 0.15) is 0 Å². The number of nitrogens with zero attached hydrogens (tertiary/aromatic N) is 4. The Morgan fingerprint density at radius 2 is 1.76 bits per heavy atom. The van der Waals surface area contributed by atoms with Crippen LogP contribution in [0.15, 0.2) is 51.3 Å².